The van der Waals surface area contributed by atoms with E-state index in [0.717, 1.165) is 11.3 Å². The van der Waals surface area contributed by atoms with Gasteiger partial charge in [0.05, 0.1) is 12.0 Å². The zero-order valence-corrected chi connectivity index (χ0v) is 10.5. The summed E-state index contributed by atoms with van der Waals surface area (Å²) in [5.41, 5.74) is 0.528. The van der Waals surface area contributed by atoms with Crippen molar-refractivity contribution in [1.29, 1.82) is 0 Å². The molecule has 0 radical (unpaired) electrons. The molecule has 9 heteroatoms. The van der Waals surface area contributed by atoms with Gasteiger partial charge in [-0.05, 0) is 0 Å². The van der Waals surface area contributed by atoms with E-state index in [-0.39, 0.29) is 10.8 Å². The minimum Gasteiger partial charge on any atom is -0.453 e. The molecule has 1 aromatic heterocycles. The van der Waals surface area contributed by atoms with Gasteiger partial charge < -0.3 is 4.74 Å². The Morgan fingerprint density at radius 3 is 2.95 bits per heavy atom. The summed E-state index contributed by atoms with van der Waals surface area (Å²) in [6.45, 7) is 0. The van der Waals surface area contributed by atoms with Gasteiger partial charge in [0, 0.05) is 17.7 Å². The van der Waals surface area contributed by atoms with Gasteiger partial charge in [0.25, 0.3) is 5.69 Å². The van der Waals surface area contributed by atoms with Crippen LogP contribution in [0.2, 0.25) is 0 Å². The summed E-state index contributed by atoms with van der Waals surface area (Å²) >= 11 is 1.09. The molecular formula is C10H8N4O4S. The van der Waals surface area contributed by atoms with Crippen LogP contribution in [0.25, 0.3) is 10.6 Å². The number of nitrogens with one attached hydrogen (secondary N) is 1. The first-order chi connectivity index (χ1) is 9.10. The lowest BCUT2D eigenvalue weighted by molar-refractivity contribution is -0.384. The van der Waals surface area contributed by atoms with Gasteiger partial charge >= 0.3 is 6.09 Å². The lowest BCUT2D eigenvalue weighted by Crippen LogP contribution is -2.10. The number of benzene rings is 1. The zero-order chi connectivity index (χ0) is 13.8. The van der Waals surface area contributed by atoms with Gasteiger partial charge in [-0.25, -0.2) is 4.79 Å². The normalized spacial score (nSPS) is 9.95. The highest BCUT2D eigenvalue weighted by Crippen LogP contribution is 2.28. The summed E-state index contributed by atoms with van der Waals surface area (Å²) < 4.78 is 4.42. The van der Waals surface area contributed by atoms with Crippen LogP contribution in [-0.4, -0.2) is 28.3 Å². The van der Waals surface area contributed by atoms with Crippen LogP contribution in [0.4, 0.5) is 15.6 Å². The largest absolute Gasteiger partial charge is 0.453 e. The first kappa shape index (κ1) is 12.9. The van der Waals surface area contributed by atoms with Crippen molar-refractivity contribution in [2.24, 2.45) is 0 Å². The second-order valence-corrected chi connectivity index (χ2v) is 4.31. The molecule has 8 nitrogen and oxygen atoms in total. The predicted molar refractivity (Wildman–Crippen MR) is 68.0 cm³/mol. The molecule has 1 heterocycles. The number of anilines is 1. The zero-order valence-electron chi connectivity index (χ0n) is 9.69. The van der Waals surface area contributed by atoms with E-state index in [2.05, 4.69) is 20.3 Å². The fraction of sp³-hybridized carbons (Fsp3) is 0.100. The van der Waals surface area contributed by atoms with Gasteiger partial charge in [-0.3, -0.25) is 15.4 Å². The van der Waals surface area contributed by atoms with Gasteiger partial charge in [-0.1, -0.05) is 23.5 Å². The molecule has 0 fully saturated rings. The molecule has 2 rings (SSSR count). The number of nitrogens with zero attached hydrogens (tertiary/aromatic N) is 3. The number of amides is 1. The average Bonchev–Trinajstić information content (AvgIpc) is 2.87. The van der Waals surface area contributed by atoms with E-state index in [0.29, 0.717) is 10.6 Å². The maximum atomic E-state index is 11.0. The summed E-state index contributed by atoms with van der Waals surface area (Å²) in [7, 11) is 1.23. The van der Waals surface area contributed by atoms with Crippen LogP contribution in [0.5, 0.6) is 0 Å². The third-order valence-electron chi connectivity index (χ3n) is 2.12. The smallest absolute Gasteiger partial charge is 0.413 e. The Bertz CT molecular complexity index is 627. The van der Waals surface area contributed by atoms with Gasteiger partial charge in [0.2, 0.25) is 5.13 Å². The highest BCUT2D eigenvalue weighted by molar-refractivity contribution is 7.18. The number of aromatic nitrogens is 2. The molecule has 0 aliphatic carbocycles. The van der Waals surface area contributed by atoms with Crippen molar-refractivity contribution in [3.63, 3.8) is 0 Å². The number of rotatable bonds is 3. The number of nitro groups is 1. The molecule has 0 unspecified atom stereocenters. The summed E-state index contributed by atoms with van der Waals surface area (Å²) in [6.07, 6.45) is -0.651. The predicted octanol–water partition coefficient (Wildman–Crippen LogP) is 2.29. The number of carbonyl (C=O) groups excluding carboxylic acids is 1. The molecule has 0 spiro atoms. The molecule has 1 N–H and O–H groups in total. The highest BCUT2D eigenvalue weighted by atomic mass is 32.1. The Hall–Kier alpha value is -2.55. The molecule has 0 atom stereocenters. The highest BCUT2D eigenvalue weighted by Gasteiger charge is 2.12. The lowest BCUT2D eigenvalue weighted by Gasteiger charge is -1.96. The van der Waals surface area contributed by atoms with E-state index in [1.807, 2.05) is 0 Å². The molecule has 98 valence electrons. The van der Waals surface area contributed by atoms with E-state index >= 15 is 0 Å². The fourth-order valence-electron chi connectivity index (χ4n) is 1.28. The Kier molecular flexibility index (Phi) is 3.66. The Morgan fingerprint density at radius 2 is 2.26 bits per heavy atom. The minimum absolute atomic E-state index is 0.0322. The first-order valence-corrected chi connectivity index (χ1v) is 5.85. The Morgan fingerprint density at radius 1 is 1.47 bits per heavy atom. The van der Waals surface area contributed by atoms with Gasteiger partial charge in [0.15, 0.2) is 0 Å². The third-order valence-corrected chi connectivity index (χ3v) is 3.01. The van der Waals surface area contributed by atoms with Crippen molar-refractivity contribution in [1.82, 2.24) is 10.2 Å². The van der Waals surface area contributed by atoms with Crippen molar-refractivity contribution in [3.8, 4) is 10.6 Å². The van der Waals surface area contributed by atoms with Crippen LogP contribution >= 0.6 is 11.3 Å². The molecule has 1 amide bonds. The van der Waals surface area contributed by atoms with Crippen LogP contribution in [0.15, 0.2) is 24.3 Å². The van der Waals surface area contributed by atoms with Gasteiger partial charge in [0.1, 0.15) is 5.01 Å². The van der Waals surface area contributed by atoms with Gasteiger partial charge in [-0.2, -0.15) is 0 Å². The molecule has 19 heavy (non-hydrogen) atoms. The van der Waals surface area contributed by atoms with E-state index in [4.69, 9.17) is 0 Å². The maximum Gasteiger partial charge on any atom is 0.413 e. The monoisotopic (exact) mass is 280 g/mol. The molecule has 0 saturated heterocycles. The van der Waals surface area contributed by atoms with E-state index in [9.17, 15) is 14.9 Å². The van der Waals surface area contributed by atoms with Crippen LogP contribution < -0.4 is 5.32 Å². The second-order valence-electron chi connectivity index (χ2n) is 3.34. The number of non-ortho nitro benzene ring substituents is 1. The van der Waals surface area contributed by atoms with Crippen molar-refractivity contribution in [2.75, 3.05) is 12.4 Å². The Labute approximate surface area is 111 Å². The topological polar surface area (TPSA) is 107 Å². The number of ether oxygens (including phenoxy) is 1. The molecular weight excluding hydrogens is 272 g/mol. The van der Waals surface area contributed by atoms with Crippen molar-refractivity contribution < 1.29 is 14.5 Å². The number of nitro benzene ring substituents is 1. The molecule has 0 saturated carbocycles. The van der Waals surface area contributed by atoms with Crippen LogP contribution in [-0.2, 0) is 4.74 Å². The van der Waals surface area contributed by atoms with Crippen molar-refractivity contribution in [2.45, 2.75) is 0 Å². The van der Waals surface area contributed by atoms with E-state index < -0.39 is 11.0 Å². The van der Waals surface area contributed by atoms with Crippen LogP contribution in [0.3, 0.4) is 0 Å². The van der Waals surface area contributed by atoms with Crippen LogP contribution in [0, 0.1) is 10.1 Å². The average molecular weight is 280 g/mol. The number of hydrogen-bond acceptors (Lipinski definition) is 7. The molecule has 0 aliphatic rings. The molecule has 0 aliphatic heterocycles. The number of methoxy groups -OCH3 is 1. The van der Waals surface area contributed by atoms with Gasteiger partial charge in [-0.15, -0.1) is 10.2 Å². The number of hydrogen-bond donors (Lipinski definition) is 1. The van der Waals surface area contributed by atoms with E-state index in [1.54, 1.807) is 12.1 Å². The minimum atomic E-state index is -0.651. The molecule has 1 aromatic carbocycles. The van der Waals surface area contributed by atoms with Crippen molar-refractivity contribution >= 4 is 28.2 Å². The fourth-order valence-corrected chi connectivity index (χ4v) is 2.01. The summed E-state index contributed by atoms with van der Waals surface area (Å²) in [5.74, 6) is 0. The quantitative estimate of drug-likeness (QED) is 0.682. The third kappa shape index (κ3) is 3.01. The Balaban J connectivity index is 2.25. The van der Waals surface area contributed by atoms with Crippen LogP contribution in [0.1, 0.15) is 0 Å². The number of carbonyl (C=O) groups is 1. The lowest BCUT2D eigenvalue weighted by atomic mass is 10.2. The van der Waals surface area contributed by atoms with Crippen molar-refractivity contribution in [3.05, 3.63) is 34.4 Å². The van der Waals surface area contributed by atoms with E-state index in [1.165, 1.54) is 19.2 Å². The molecule has 2 aromatic rings. The second kappa shape index (κ2) is 5.40. The summed E-state index contributed by atoms with van der Waals surface area (Å²) in [6, 6.07) is 6.01. The first-order valence-electron chi connectivity index (χ1n) is 5.03. The summed E-state index contributed by atoms with van der Waals surface area (Å²) in [5, 5.41) is 21.4. The molecule has 0 bridgehead atoms. The standard InChI is InChI=1S/C10H8N4O4S/c1-18-10(15)11-9-13-12-8(19-9)6-3-2-4-7(5-6)14(16)17/h2-5H,1H3,(H,11,13,15). The maximum absolute atomic E-state index is 11.0. The summed E-state index contributed by atoms with van der Waals surface area (Å²) in [4.78, 5) is 21.2. The SMILES string of the molecule is COC(=O)Nc1nnc(-c2cccc([N+](=O)[O-])c2)s1.